The lowest BCUT2D eigenvalue weighted by atomic mass is 10.4. The van der Waals surface area contributed by atoms with E-state index in [9.17, 15) is 0 Å². The molecule has 0 spiro atoms. The van der Waals surface area contributed by atoms with Gasteiger partial charge in [-0.3, -0.25) is 0 Å². The highest BCUT2D eigenvalue weighted by Gasteiger charge is 2.05. The van der Waals surface area contributed by atoms with Crippen molar-refractivity contribution in [1.82, 2.24) is 14.8 Å². The molecule has 4 nitrogen and oxygen atoms in total. The van der Waals surface area contributed by atoms with Crippen LogP contribution in [0.5, 0.6) is 0 Å². The molecule has 62 valence electrons. The van der Waals surface area contributed by atoms with Gasteiger partial charge in [0.1, 0.15) is 12.9 Å². The first-order chi connectivity index (χ1) is 5.25. The fourth-order valence-electron chi connectivity index (χ4n) is 0.938. The molecule has 4 heteroatoms. The molecule has 0 N–H and O–H groups in total. The fraction of sp³-hybridized carbons (Fsp3) is 0.714. The molecule has 0 aromatic carbocycles. The number of methoxy groups -OCH3 is 1. The van der Waals surface area contributed by atoms with Crippen molar-refractivity contribution in [2.75, 3.05) is 7.11 Å². The average molecular weight is 155 g/mol. The van der Waals surface area contributed by atoms with Crippen LogP contribution in [0.1, 0.15) is 25.7 Å². The largest absolute Gasteiger partial charge is 0.377 e. The number of nitrogens with zero attached hydrogens (tertiary/aromatic N) is 3. The first-order valence-electron chi connectivity index (χ1n) is 3.63. The normalized spacial score (nSPS) is 10.9. The lowest BCUT2D eigenvalue weighted by Gasteiger charge is -2.07. The van der Waals surface area contributed by atoms with E-state index in [0.29, 0.717) is 12.6 Å². The third-order valence-corrected chi connectivity index (χ3v) is 1.41. The molecule has 1 heterocycles. The minimum absolute atomic E-state index is 0.350. The maximum absolute atomic E-state index is 4.95. The van der Waals surface area contributed by atoms with Crippen molar-refractivity contribution >= 4 is 0 Å². The summed E-state index contributed by atoms with van der Waals surface area (Å²) in [5.74, 6) is 0.877. The molecule has 0 amide bonds. The summed E-state index contributed by atoms with van der Waals surface area (Å²) in [6, 6.07) is 0.350. The number of ether oxygens (including phenoxy) is 1. The van der Waals surface area contributed by atoms with Gasteiger partial charge in [-0.25, -0.2) is 9.67 Å². The summed E-state index contributed by atoms with van der Waals surface area (Å²) in [4.78, 5) is 4.05. The first-order valence-corrected chi connectivity index (χ1v) is 3.63. The number of rotatable bonds is 3. The van der Waals surface area contributed by atoms with Crippen LogP contribution in [-0.2, 0) is 11.3 Å². The highest BCUT2D eigenvalue weighted by molar-refractivity contribution is 4.83. The number of aromatic nitrogens is 3. The molecular weight excluding hydrogens is 142 g/mol. The lowest BCUT2D eigenvalue weighted by molar-refractivity contribution is 0.171. The van der Waals surface area contributed by atoms with E-state index in [-0.39, 0.29) is 0 Å². The van der Waals surface area contributed by atoms with Gasteiger partial charge >= 0.3 is 0 Å². The Labute approximate surface area is 66.2 Å². The minimum Gasteiger partial charge on any atom is -0.377 e. The highest BCUT2D eigenvalue weighted by atomic mass is 16.5. The van der Waals surface area contributed by atoms with Crippen molar-refractivity contribution in [3.63, 3.8) is 0 Å². The van der Waals surface area contributed by atoms with E-state index in [1.54, 1.807) is 13.4 Å². The van der Waals surface area contributed by atoms with Gasteiger partial charge in [0.05, 0.1) is 0 Å². The van der Waals surface area contributed by atoms with Crippen molar-refractivity contribution in [3.05, 3.63) is 12.2 Å². The summed E-state index contributed by atoms with van der Waals surface area (Å²) in [5, 5.41) is 4.06. The minimum atomic E-state index is 0.350. The molecule has 1 rings (SSSR count). The quantitative estimate of drug-likeness (QED) is 0.654. The van der Waals surface area contributed by atoms with Crippen LogP contribution in [0.3, 0.4) is 0 Å². The van der Waals surface area contributed by atoms with E-state index >= 15 is 0 Å². The Kier molecular flexibility index (Phi) is 2.59. The van der Waals surface area contributed by atoms with Crippen molar-refractivity contribution in [2.24, 2.45) is 0 Å². The molecule has 1 aromatic rings. The maximum atomic E-state index is 4.95. The second kappa shape index (κ2) is 3.48. The lowest BCUT2D eigenvalue weighted by Crippen LogP contribution is -2.08. The van der Waals surface area contributed by atoms with Crippen molar-refractivity contribution in [2.45, 2.75) is 26.5 Å². The Morgan fingerprint density at radius 2 is 2.36 bits per heavy atom. The van der Waals surface area contributed by atoms with Crippen LogP contribution >= 0.6 is 0 Å². The molecule has 0 aliphatic carbocycles. The highest BCUT2D eigenvalue weighted by Crippen LogP contribution is 2.05. The van der Waals surface area contributed by atoms with Crippen LogP contribution in [-0.4, -0.2) is 21.9 Å². The average Bonchev–Trinajstić information content (AvgIpc) is 2.36. The Bertz CT molecular complexity index is 219. The molecule has 1 aromatic heterocycles. The summed E-state index contributed by atoms with van der Waals surface area (Å²) < 4.78 is 6.80. The van der Waals surface area contributed by atoms with E-state index in [0.717, 1.165) is 5.82 Å². The van der Waals surface area contributed by atoms with Gasteiger partial charge in [-0.2, -0.15) is 5.10 Å². The zero-order chi connectivity index (χ0) is 8.27. The van der Waals surface area contributed by atoms with E-state index in [4.69, 9.17) is 4.74 Å². The second-order valence-electron chi connectivity index (χ2n) is 2.65. The van der Waals surface area contributed by atoms with Crippen LogP contribution in [0.2, 0.25) is 0 Å². The van der Waals surface area contributed by atoms with Gasteiger partial charge in [-0.1, -0.05) is 0 Å². The van der Waals surface area contributed by atoms with Gasteiger partial charge in [0.2, 0.25) is 0 Å². The zero-order valence-electron chi connectivity index (χ0n) is 7.11. The molecule has 0 atom stereocenters. The van der Waals surface area contributed by atoms with Gasteiger partial charge in [-0.05, 0) is 13.8 Å². The van der Waals surface area contributed by atoms with E-state index in [2.05, 4.69) is 23.9 Å². The van der Waals surface area contributed by atoms with E-state index < -0.39 is 0 Å². The number of hydrogen-bond donors (Lipinski definition) is 0. The van der Waals surface area contributed by atoms with Crippen LogP contribution in [0.25, 0.3) is 0 Å². The summed E-state index contributed by atoms with van der Waals surface area (Å²) in [5.41, 5.74) is 0. The fourth-order valence-corrected chi connectivity index (χ4v) is 0.938. The van der Waals surface area contributed by atoms with Crippen molar-refractivity contribution in [3.8, 4) is 0 Å². The van der Waals surface area contributed by atoms with Crippen LogP contribution in [0, 0.1) is 0 Å². The van der Waals surface area contributed by atoms with Gasteiger partial charge in [-0.15, -0.1) is 0 Å². The molecule has 11 heavy (non-hydrogen) atoms. The third kappa shape index (κ3) is 1.77. The Morgan fingerprint density at radius 3 is 2.91 bits per heavy atom. The summed E-state index contributed by atoms with van der Waals surface area (Å²) >= 11 is 0. The molecule has 0 aliphatic rings. The van der Waals surface area contributed by atoms with Crippen LogP contribution in [0.15, 0.2) is 6.33 Å². The smallest absolute Gasteiger partial charge is 0.153 e. The van der Waals surface area contributed by atoms with Crippen molar-refractivity contribution < 1.29 is 4.74 Å². The molecule has 0 bridgehead atoms. The molecule has 0 unspecified atom stereocenters. The standard InChI is InChI=1S/C7H13N3O/c1-6(2)10-7(4-11-3)8-5-9-10/h5-6H,4H2,1-3H3. The number of hydrogen-bond acceptors (Lipinski definition) is 3. The van der Waals surface area contributed by atoms with Gasteiger partial charge < -0.3 is 4.74 Å². The predicted molar refractivity (Wildman–Crippen MR) is 41.1 cm³/mol. The summed E-state index contributed by atoms with van der Waals surface area (Å²) in [7, 11) is 1.65. The summed E-state index contributed by atoms with van der Waals surface area (Å²) in [6.07, 6.45) is 1.55. The van der Waals surface area contributed by atoms with E-state index in [1.165, 1.54) is 0 Å². The second-order valence-corrected chi connectivity index (χ2v) is 2.65. The molecule has 0 radical (unpaired) electrons. The Balaban J connectivity index is 2.78. The van der Waals surface area contributed by atoms with Gasteiger partial charge in [0.25, 0.3) is 0 Å². The van der Waals surface area contributed by atoms with Crippen LogP contribution in [0.4, 0.5) is 0 Å². The Morgan fingerprint density at radius 1 is 1.64 bits per heavy atom. The maximum Gasteiger partial charge on any atom is 0.153 e. The first kappa shape index (κ1) is 8.20. The third-order valence-electron chi connectivity index (χ3n) is 1.41. The zero-order valence-corrected chi connectivity index (χ0v) is 7.11. The molecule has 0 fully saturated rings. The molecular formula is C7H13N3O. The van der Waals surface area contributed by atoms with Gasteiger partial charge in [0, 0.05) is 13.2 Å². The topological polar surface area (TPSA) is 39.9 Å². The van der Waals surface area contributed by atoms with Gasteiger partial charge in [0.15, 0.2) is 5.82 Å². The predicted octanol–water partition coefficient (Wildman–Crippen LogP) is 1.01. The molecule has 0 aliphatic heterocycles. The molecule has 0 saturated carbocycles. The van der Waals surface area contributed by atoms with Crippen LogP contribution < -0.4 is 0 Å². The summed E-state index contributed by atoms with van der Waals surface area (Å²) in [6.45, 7) is 4.65. The Hall–Kier alpha value is -0.900. The monoisotopic (exact) mass is 155 g/mol. The van der Waals surface area contributed by atoms with E-state index in [1.807, 2.05) is 4.68 Å². The van der Waals surface area contributed by atoms with Crippen molar-refractivity contribution in [1.29, 1.82) is 0 Å². The SMILES string of the molecule is COCc1ncnn1C(C)C. The molecule has 0 saturated heterocycles.